The number of benzene rings is 1. The van der Waals surface area contributed by atoms with E-state index in [4.69, 9.17) is 0 Å². The molecule has 5 heteroatoms. The van der Waals surface area contributed by atoms with Crippen LogP contribution in [0.25, 0.3) is 10.9 Å². The van der Waals surface area contributed by atoms with Crippen LogP contribution in [0.2, 0.25) is 0 Å². The molecule has 1 saturated heterocycles. The Morgan fingerprint density at radius 3 is 2.42 bits per heavy atom. The lowest BCUT2D eigenvalue weighted by Crippen LogP contribution is -2.42. The Bertz CT molecular complexity index is 757. The van der Waals surface area contributed by atoms with E-state index in [2.05, 4.69) is 4.98 Å². The molecule has 1 aliphatic heterocycles. The zero-order chi connectivity index (χ0) is 17.3. The number of nitrogens with zero attached hydrogens (tertiary/aromatic N) is 2. The minimum absolute atomic E-state index is 0.0394. The lowest BCUT2D eigenvalue weighted by molar-refractivity contribution is -0.139. The van der Waals surface area contributed by atoms with Gasteiger partial charge >= 0.3 is 0 Å². The van der Waals surface area contributed by atoms with Gasteiger partial charge in [-0.1, -0.05) is 39.0 Å². The first-order chi connectivity index (χ1) is 11.4. The Morgan fingerprint density at radius 2 is 1.67 bits per heavy atom. The number of H-pyrrole nitrogens is 1. The number of rotatable bonds is 1. The van der Waals surface area contributed by atoms with Crippen molar-refractivity contribution in [3.05, 3.63) is 36.0 Å². The number of nitrogens with one attached hydrogen (secondary N) is 1. The summed E-state index contributed by atoms with van der Waals surface area (Å²) in [4.78, 5) is 32.3. The van der Waals surface area contributed by atoms with E-state index in [1.54, 1.807) is 6.20 Å². The van der Waals surface area contributed by atoms with Crippen LogP contribution in [-0.4, -0.2) is 52.8 Å². The zero-order valence-corrected chi connectivity index (χ0v) is 14.6. The monoisotopic (exact) mass is 327 g/mol. The Labute approximate surface area is 142 Å². The van der Waals surface area contributed by atoms with Crippen LogP contribution in [-0.2, 0) is 4.79 Å². The SMILES string of the molecule is CC(C)(C)C(=O)N1CCCN(C(=O)c2c[nH]c3ccccc23)CC1. The van der Waals surface area contributed by atoms with Gasteiger partial charge in [-0.3, -0.25) is 9.59 Å². The zero-order valence-electron chi connectivity index (χ0n) is 14.6. The van der Waals surface area contributed by atoms with E-state index in [-0.39, 0.29) is 17.2 Å². The second-order valence-electron chi connectivity index (χ2n) is 7.44. The molecule has 0 radical (unpaired) electrons. The minimum Gasteiger partial charge on any atom is -0.360 e. The lowest BCUT2D eigenvalue weighted by Gasteiger charge is -2.28. The summed E-state index contributed by atoms with van der Waals surface area (Å²) in [5, 5.41) is 0.953. The van der Waals surface area contributed by atoms with E-state index in [0.29, 0.717) is 31.7 Å². The number of aromatic nitrogens is 1. The molecule has 2 amide bonds. The van der Waals surface area contributed by atoms with Gasteiger partial charge in [-0.05, 0) is 12.5 Å². The molecule has 128 valence electrons. The van der Waals surface area contributed by atoms with Crippen molar-refractivity contribution in [2.45, 2.75) is 27.2 Å². The first kappa shape index (κ1) is 16.6. The highest BCUT2D eigenvalue weighted by Gasteiger charge is 2.30. The molecular formula is C19H25N3O2. The number of carbonyl (C=O) groups excluding carboxylic acids is 2. The Morgan fingerprint density at radius 1 is 1.00 bits per heavy atom. The van der Waals surface area contributed by atoms with Crippen LogP contribution in [0.5, 0.6) is 0 Å². The van der Waals surface area contributed by atoms with E-state index in [1.807, 2.05) is 54.8 Å². The number of amides is 2. The number of fused-ring (bicyclic) bond motifs is 1. The van der Waals surface area contributed by atoms with Crippen LogP contribution in [0, 0.1) is 5.41 Å². The molecule has 1 fully saturated rings. The Hall–Kier alpha value is -2.30. The molecule has 0 atom stereocenters. The van der Waals surface area contributed by atoms with Crippen molar-refractivity contribution in [1.82, 2.24) is 14.8 Å². The second kappa shape index (κ2) is 6.30. The molecule has 2 aromatic rings. The van der Waals surface area contributed by atoms with E-state index in [9.17, 15) is 9.59 Å². The lowest BCUT2D eigenvalue weighted by atomic mass is 9.94. The standard InChI is InChI=1S/C19H25N3O2/c1-19(2,3)18(24)22-10-6-9-21(11-12-22)17(23)15-13-20-16-8-5-4-7-14(15)16/h4-5,7-8,13,20H,6,9-12H2,1-3H3. The summed E-state index contributed by atoms with van der Waals surface area (Å²) in [5.41, 5.74) is 1.30. The molecule has 0 spiro atoms. The van der Waals surface area contributed by atoms with Crippen molar-refractivity contribution in [3.63, 3.8) is 0 Å². The third kappa shape index (κ3) is 3.16. The van der Waals surface area contributed by atoms with Crippen molar-refractivity contribution >= 4 is 22.7 Å². The van der Waals surface area contributed by atoms with E-state index in [0.717, 1.165) is 17.3 Å². The second-order valence-corrected chi connectivity index (χ2v) is 7.44. The average molecular weight is 327 g/mol. The highest BCUT2D eigenvalue weighted by Crippen LogP contribution is 2.22. The summed E-state index contributed by atoms with van der Waals surface area (Å²) < 4.78 is 0. The topological polar surface area (TPSA) is 56.4 Å². The first-order valence-electron chi connectivity index (χ1n) is 8.53. The molecule has 5 nitrogen and oxygen atoms in total. The molecule has 2 heterocycles. The maximum atomic E-state index is 12.9. The largest absolute Gasteiger partial charge is 0.360 e. The van der Waals surface area contributed by atoms with Gasteiger partial charge < -0.3 is 14.8 Å². The fourth-order valence-electron chi connectivity index (χ4n) is 3.22. The van der Waals surface area contributed by atoms with Crippen molar-refractivity contribution in [3.8, 4) is 0 Å². The smallest absolute Gasteiger partial charge is 0.256 e. The van der Waals surface area contributed by atoms with E-state index in [1.165, 1.54) is 0 Å². The van der Waals surface area contributed by atoms with Gasteiger partial charge in [-0.25, -0.2) is 0 Å². The predicted octanol–water partition coefficient (Wildman–Crippen LogP) is 2.89. The molecular weight excluding hydrogens is 302 g/mol. The maximum Gasteiger partial charge on any atom is 0.256 e. The number of hydrogen-bond acceptors (Lipinski definition) is 2. The summed E-state index contributed by atoms with van der Waals surface area (Å²) in [6, 6.07) is 7.83. The van der Waals surface area contributed by atoms with Crippen molar-refractivity contribution in [2.75, 3.05) is 26.2 Å². The fourth-order valence-corrected chi connectivity index (χ4v) is 3.22. The molecule has 0 aliphatic carbocycles. The highest BCUT2D eigenvalue weighted by atomic mass is 16.2. The third-order valence-electron chi connectivity index (χ3n) is 4.53. The number of carbonyl (C=O) groups is 2. The van der Waals surface area contributed by atoms with Gasteiger partial charge in [0.2, 0.25) is 5.91 Å². The summed E-state index contributed by atoms with van der Waals surface area (Å²) >= 11 is 0. The summed E-state index contributed by atoms with van der Waals surface area (Å²) in [6.45, 7) is 8.41. The predicted molar refractivity (Wildman–Crippen MR) is 94.9 cm³/mol. The Kier molecular flexibility index (Phi) is 4.35. The fraction of sp³-hybridized carbons (Fsp3) is 0.474. The maximum absolute atomic E-state index is 12.9. The highest BCUT2D eigenvalue weighted by molar-refractivity contribution is 6.06. The average Bonchev–Trinajstić information content (AvgIpc) is 2.82. The van der Waals surface area contributed by atoms with Crippen LogP contribution in [0.3, 0.4) is 0 Å². The van der Waals surface area contributed by atoms with Crippen molar-refractivity contribution in [2.24, 2.45) is 5.41 Å². The summed E-state index contributed by atoms with van der Waals surface area (Å²) in [7, 11) is 0. The van der Waals surface area contributed by atoms with Gasteiger partial charge in [-0.15, -0.1) is 0 Å². The van der Waals surface area contributed by atoms with Crippen molar-refractivity contribution < 1.29 is 9.59 Å². The van der Waals surface area contributed by atoms with Crippen LogP contribution in [0.4, 0.5) is 0 Å². The number of aromatic amines is 1. The number of hydrogen-bond donors (Lipinski definition) is 1. The quantitative estimate of drug-likeness (QED) is 0.875. The van der Waals surface area contributed by atoms with Gasteiger partial charge in [-0.2, -0.15) is 0 Å². The van der Waals surface area contributed by atoms with Gasteiger partial charge in [0.15, 0.2) is 0 Å². The van der Waals surface area contributed by atoms with E-state index < -0.39 is 0 Å². The molecule has 1 aromatic heterocycles. The van der Waals surface area contributed by atoms with Crippen LogP contribution < -0.4 is 0 Å². The van der Waals surface area contributed by atoms with Crippen molar-refractivity contribution in [1.29, 1.82) is 0 Å². The molecule has 3 rings (SSSR count). The van der Waals surface area contributed by atoms with Crippen LogP contribution >= 0.6 is 0 Å². The molecule has 0 saturated carbocycles. The summed E-state index contributed by atoms with van der Waals surface area (Å²) in [6.07, 6.45) is 2.60. The normalized spacial score (nSPS) is 16.3. The van der Waals surface area contributed by atoms with Crippen LogP contribution in [0.1, 0.15) is 37.6 Å². The molecule has 1 aromatic carbocycles. The molecule has 24 heavy (non-hydrogen) atoms. The van der Waals surface area contributed by atoms with E-state index >= 15 is 0 Å². The minimum atomic E-state index is -0.379. The molecule has 0 bridgehead atoms. The molecule has 0 unspecified atom stereocenters. The molecule has 1 N–H and O–H groups in total. The number of para-hydroxylation sites is 1. The van der Waals surface area contributed by atoms with Gasteiger partial charge in [0.1, 0.15) is 0 Å². The Balaban J connectivity index is 1.74. The van der Waals surface area contributed by atoms with Crippen LogP contribution in [0.15, 0.2) is 30.5 Å². The third-order valence-corrected chi connectivity index (χ3v) is 4.53. The first-order valence-corrected chi connectivity index (χ1v) is 8.53. The summed E-state index contributed by atoms with van der Waals surface area (Å²) in [5.74, 6) is 0.196. The van der Waals surface area contributed by atoms with Gasteiger partial charge in [0.25, 0.3) is 5.91 Å². The molecule has 1 aliphatic rings. The van der Waals surface area contributed by atoms with Gasteiger partial charge in [0, 0.05) is 48.7 Å². The van der Waals surface area contributed by atoms with Gasteiger partial charge in [0.05, 0.1) is 5.56 Å².